The molecule has 0 aliphatic heterocycles. The second-order valence-electron chi connectivity index (χ2n) is 3.11. The molecule has 0 unspecified atom stereocenters. The number of ether oxygens (including phenoxy) is 2. The second kappa shape index (κ2) is 5.78. The lowest BCUT2D eigenvalue weighted by atomic mass is 10.1. The van der Waals surface area contributed by atoms with E-state index in [1.54, 1.807) is 6.07 Å². The first-order valence-electron chi connectivity index (χ1n) is 4.66. The van der Waals surface area contributed by atoms with Crippen molar-refractivity contribution >= 4 is 11.6 Å². The molecule has 98 valence electrons. The van der Waals surface area contributed by atoms with Crippen molar-refractivity contribution in [2.75, 3.05) is 7.11 Å². The van der Waals surface area contributed by atoms with Crippen molar-refractivity contribution in [3.63, 3.8) is 0 Å². The molecule has 0 bridgehead atoms. The van der Waals surface area contributed by atoms with Crippen molar-refractivity contribution in [3.05, 3.63) is 17.5 Å². The van der Waals surface area contributed by atoms with Gasteiger partial charge < -0.3 is 9.47 Å². The largest absolute Gasteiger partial charge is 0.573 e. The van der Waals surface area contributed by atoms with Gasteiger partial charge in [-0.1, -0.05) is 0 Å². The molecular formula is C10H8ClF3N2O2. The molecule has 0 saturated carbocycles. The first kappa shape index (κ1) is 14.4. The maximum Gasteiger partial charge on any atom is 0.573 e. The molecule has 0 aliphatic rings. The van der Waals surface area contributed by atoms with Crippen LogP contribution in [0.5, 0.6) is 11.5 Å². The Hall–Kier alpha value is -1.68. The van der Waals surface area contributed by atoms with Crippen LogP contribution in [0.15, 0.2) is 6.20 Å². The van der Waals surface area contributed by atoms with Crippen LogP contribution in [0.25, 0.3) is 0 Å². The lowest BCUT2D eigenvalue weighted by Crippen LogP contribution is -2.19. The molecule has 0 aliphatic carbocycles. The number of pyridine rings is 1. The lowest BCUT2D eigenvalue weighted by Gasteiger charge is -2.16. The van der Waals surface area contributed by atoms with Crippen molar-refractivity contribution in [2.24, 2.45) is 0 Å². The van der Waals surface area contributed by atoms with E-state index in [-0.39, 0.29) is 29.3 Å². The molecule has 0 spiro atoms. The molecule has 0 atom stereocenters. The average Bonchev–Trinajstić information content (AvgIpc) is 2.29. The third kappa shape index (κ3) is 3.40. The van der Waals surface area contributed by atoms with Crippen LogP contribution < -0.4 is 9.47 Å². The summed E-state index contributed by atoms with van der Waals surface area (Å²) >= 11 is 5.54. The van der Waals surface area contributed by atoms with Crippen LogP contribution in [0.4, 0.5) is 13.2 Å². The predicted octanol–water partition coefficient (Wildman–Crippen LogP) is 2.79. The molecular weight excluding hydrogens is 273 g/mol. The quantitative estimate of drug-likeness (QED) is 0.796. The number of nitriles is 1. The normalized spacial score (nSPS) is 10.9. The van der Waals surface area contributed by atoms with Crippen molar-refractivity contribution < 1.29 is 22.6 Å². The fraction of sp³-hybridized carbons (Fsp3) is 0.400. The van der Waals surface area contributed by atoms with E-state index in [1.807, 2.05) is 0 Å². The number of aromatic nitrogens is 1. The van der Waals surface area contributed by atoms with Crippen LogP contribution in [-0.4, -0.2) is 18.5 Å². The van der Waals surface area contributed by atoms with E-state index in [1.165, 1.54) is 7.11 Å². The maximum atomic E-state index is 12.3. The molecule has 8 heteroatoms. The summed E-state index contributed by atoms with van der Waals surface area (Å²) in [5.41, 5.74) is 0.0978. The Bertz CT molecular complexity index is 471. The summed E-state index contributed by atoms with van der Waals surface area (Å²) in [5, 5.41) is 8.55. The van der Waals surface area contributed by atoms with Gasteiger partial charge in [0.05, 0.1) is 25.5 Å². The monoisotopic (exact) mass is 280 g/mol. The average molecular weight is 281 g/mol. The lowest BCUT2D eigenvalue weighted by molar-refractivity contribution is -0.275. The van der Waals surface area contributed by atoms with E-state index in [0.717, 1.165) is 6.20 Å². The minimum Gasteiger partial charge on any atom is -0.491 e. The highest BCUT2D eigenvalue weighted by Gasteiger charge is 2.34. The third-order valence-electron chi connectivity index (χ3n) is 1.95. The molecule has 18 heavy (non-hydrogen) atoms. The summed E-state index contributed by atoms with van der Waals surface area (Å²) in [6, 6.07) is 1.72. The molecule has 0 saturated heterocycles. The minimum atomic E-state index is -4.89. The fourth-order valence-electron chi connectivity index (χ4n) is 1.29. The highest BCUT2D eigenvalue weighted by atomic mass is 35.5. The molecule has 0 amide bonds. The highest BCUT2D eigenvalue weighted by Crippen LogP contribution is 2.38. The predicted molar refractivity (Wildman–Crippen MR) is 56.3 cm³/mol. The van der Waals surface area contributed by atoms with E-state index in [4.69, 9.17) is 21.6 Å². The van der Waals surface area contributed by atoms with Gasteiger partial charge in [-0.15, -0.1) is 24.8 Å². The summed E-state index contributed by atoms with van der Waals surface area (Å²) in [7, 11) is 1.17. The van der Waals surface area contributed by atoms with Gasteiger partial charge in [-0.2, -0.15) is 5.26 Å². The molecule has 4 nitrogen and oxygen atoms in total. The van der Waals surface area contributed by atoms with Gasteiger partial charge in [0.1, 0.15) is 5.69 Å². The summed E-state index contributed by atoms with van der Waals surface area (Å²) in [6.45, 7) is 0. The molecule has 1 heterocycles. The van der Waals surface area contributed by atoms with Crippen LogP contribution in [0.3, 0.4) is 0 Å². The van der Waals surface area contributed by atoms with Gasteiger partial charge in [0.15, 0.2) is 11.5 Å². The molecule has 1 aromatic rings. The molecule has 0 radical (unpaired) electrons. The summed E-state index contributed by atoms with van der Waals surface area (Å²) in [6.07, 6.45) is -4.05. The Balaban J connectivity index is 3.34. The second-order valence-corrected chi connectivity index (χ2v) is 3.38. The van der Waals surface area contributed by atoms with Gasteiger partial charge in [-0.05, 0) is 0 Å². The Morgan fingerprint density at radius 3 is 2.56 bits per heavy atom. The summed E-state index contributed by atoms with van der Waals surface area (Å²) in [5.74, 6) is -0.920. The van der Waals surface area contributed by atoms with Crippen LogP contribution in [0.1, 0.15) is 11.3 Å². The Labute approximate surface area is 106 Å². The zero-order valence-electron chi connectivity index (χ0n) is 9.21. The number of hydrogen-bond acceptors (Lipinski definition) is 4. The van der Waals surface area contributed by atoms with Gasteiger partial charge in [0.25, 0.3) is 0 Å². The van der Waals surface area contributed by atoms with Crippen LogP contribution in [0, 0.1) is 11.3 Å². The number of rotatable bonds is 4. The van der Waals surface area contributed by atoms with Crippen LogP contribution in [-0.2, 0) is 12.3 Å². The maximum absolute atomic E-state index is 12.3. The van der Waals surface area contributed by atoms with Crippen LogP contribution in [0.2, 0.25) is 0 Å². The standard InChI is InChI=1S/C10H8ClF3N2O2/c1-17-9-7(4-11)16-5-6(2-3-15)8(9)18-10(12,13)14/h5H,2,4H2,1H3. The first-order chi connectivity index (χ1) is 8.42. The minimum absolute atomic E-state index is 0.0134. The van der Waals surface area contributed by atoms with E-state index >= 15 is 0 Å². The molecule has 1 aromatic heterocycles. The smallest absolute Gasteiger partial charge is 0.491 e. The van der Waals surface area contributed by atoms with E-state index in [2.05, 4.69) is 9.72 Å². The highest BCUT2D eigenvalue weighted by molar-refractivity contribution is 6.17. The van der Waals surface area contributed by atoms with Crippen LogP contribution >= 0.6 is 11.6 Å². The first-order valence-corrected chi connectivity index (χ1v) is 5.19. The summed E-state index contributed by atoms with van der Waals surface area (Å²) in [4.78, 5) is 3.82. The van der Waals surface area contributed by atoms with E-state index < -0.39 is 12.1 Å². The zero-order chi connectivity index (χ0) is 13.8. The van der Waals surface area contributed by atoms with Gasteiger partial charge in [0, 0.05) is 11.8 Å². The number of alkyl halides is 4. The topological polar surface area (TPSA) is 55.1 Å². The van der Waals surface area contributed by atoms with E-state index in [0.29, 0.717) is 0 Å². The van der Waals surface area contributed by atoms with Crippen molar-refractivity contribution in [2.45, 2.75) is 18.7 Å². The molecule has 0 aromatic carbocycles. The fourth-order valence-corrected chi connectivity index (χ4v) is 1.48. The molecule has 0 fully saturated rings. The van der Waals surface area contributed by atoms with Gasteiger partial charge in [-0.3, -0.25) is 4.98 Å². The molecule has 1 rings (SSSR count). The molecule has 0 N–H and O–H groups in total. The van der Waals surface area contributed by atoms with Crippen molar-refractivity contribution in [1.82, 2.24) is 4.98 Å². The SMILES string of the molecule is COc1c(CCl)ncc(CC#N)c1OC(F)(F)F. The third-order valence-corrected chi connectivity index (χ3v) is 2.21. The summed E-state index contributed by atoms with van der Waals surface area (Å²) < 4.78 is 45.6. The zero-order valence-corrected chi connectivity index (χ0v) is 9.97. The van der Waals surface area contributed by atoms with Gasteiger partial charge in [-0.25, -0.2) is 0 Å². The number of nitrogens with zero attached hydrogens (tertiary/aromatic N) is 2. The Kier molecular flexibility index (Phi) is 4.62. The Morgan fingerprint density at radius 1 is 1.44 bits per heavy atom. The van der Waals surface area contributed by atoms with Gasteiger partial charge in [0.2, 0.25) is 0 Å². The number of hydrogen-bond donors (Lipinski definition) is 0. The van der Waals surface area contributed by atoms with E-state index in [9.17, 15) is 13.2 Å². The van der Waals surface area contributed by atoms with Crippen molar-refractivity contribution in [3.8, 4) is 17.6 Å². The number of halogens is 4. The Morgan fingerprint density at radius 2 is 2.11 bits per heavy atom. The number of methoxy groups -OCH3 is 1. The van der Waals surface area contributed by atoms with Gasteiger partial charge >= 0.3 is 6.36 Å². The van der Waals surface area contributed by atoms with Crippen molar-refractivity contribution in [1.29, 1.82) is 5.26 Å².